The summed E-state index contributed by atoms with van der Waals surface area (Å²) in [7, 11) is 1.79. The molecule has 2 aliphatic rings. The summed E-state index contributed by atoms with van der Waals surface area (Å²) in [6.45, 7) is 21.1. The number of ether oxygens (including phenoxy) is 1. The molecule has 2 aliphatic heterocycles. The Hall–Kier alpha value is -5.56. The second-order valence-corrected chi connectivity index (χ2v) is 18.0. The van der Waals surface area contributed by atoms with Crippen LogP contribution in [0.3, 0.4) is 0 Å². The zero-order chi connectivity index (χ0) is 47.0. The van der Waals surface area contributed by atoms with Gasteiger partial charge in [0.1, 0.15) is 24.7 Å². The maximum atomic E-state index is 13.7. The Morgan fingerprint density at radius 3 is 1.46 bits per heavy atom. The number of likely N-dealkylation sites (N-methyl/N-ethyl adjacent to an activating group) is 1. The van der Waals surface area contributed by atoms with Crippen molar-refractivity contribution in [3.8, 4) is 0 Å². The zero-order valence-electron chi connectivity index (χ0n) is 40.1. The Balaban J connectivity index is 0.000000244. The van der Waals surface area contributed by atoms with Gasteiger partial charge in [0.2, 0.25) is 17.7 Å². The molecule has 4 amide bonds. The molecule has 350 valence electrons. The smallest absolute Gasteiger partial charge is 0.411 e. The fourth-order valence-electron chi connectivity index (χ4n) is 9.21. The summed E-state index contributed by atoms with van der Waals surface area (Å²) in [5.74, 6) is -0.364. The van der Waals surface area contributed by atoms with Gasteiger partial charge < -0.3 is 25.6 Å². The van der Waals surface area contributed by atoms with Gasteiger partial charge in [0.15, 0.2) is 0 Å². The van der Waals surface area contributed by atoms with Gasteiger partial charge in [-0.2, -0.15) is 0 Å². The van der Waals surface area contributed by atoms with E-state index in [0.717, 1.165) is 52.9 Å². The van der Waals surface area contributed by atoms with Gasteiger partial charge in [-0.15, -0.1) is 0 Å². The number of nitrogens with one attached hydrogen (secondary N) is 3. The molecule has 3 unspecified atom stereocenters. The fourth-order valence-corrected chi connectivity index (χ4v) is 9.21. The Morgan fingerprint density at radius 2 is 1.00 bits per heavy atom. The van der Waals surface area contributed by atoms with Crippen molar-refractivity contribution in [2.75, 3.05) is 46.3 Å². The molecule has 0 aromatic heterocycles. The third-order valence-corrected chi connectivity index (χ3v) is 12.4. The van der Waals surface area contributed by atoms with Crippen LogP contribution >= 0.6 is 0 Å². The van der Waals surface area contributed by atoms with E-state index in [1.165, 1.54) is 0 Å². The number of hydrogen-bond acceptors (Lipinski definition) is 8. The van der Waals surface area contributed by atoms with E-state index in [0.29, 0.717) is 56.8 Å². The average molecular weight is 888 g/mol. The molecule has 3 atom stereocenters. The van der Waals surface area contributed by atoms with Gasteiger partial charge in [0.25, 0.3) is 0 Å². The van der Waals surface area contributed by atoms with Crippen molar-refractivity contribution in [2.45, 2.75) is 117 Å². The van der Waals surface area contributed by atoms with E-state index in [-0.39, 0.29) is 24.3 Å². The normalized spacial score (nSPS) is 16.2. The SMILES string of the molecule is CC(C)N(CCNC(=O)C1c2ccccc2CCN1C(=O)OCc1ccccc1)C(C)C.CNC(C(=O)N1CCc2ccccc2C1C(=O)NCCN(C(C)C)C(C)C)c1ccccc1. The van der Waals surface area contributed by atoms with Crippen LogP contribution in [0.15, 0.2) is 109 Å². The highest BCUT2D eigenvalue weighted by molar-refractivity contribution is 5.92. The quantitative estimate of drug-likeness (QED) is 0.0999. The first kappa shape index (κ1) is 50.4. The van der Waals surface area contributed by atoms with Crippen LogP contribution in [0, 0.1) is 0 Å². The molecule has 12 nitrogen and oxygen atoms in total. The number of amides is 4. The van der Waals surface area contributed by atoms with Crippen molar-refractivity contribution in [1.82, 2.24) is 35.6 Å². The number of carbonyl (C=O) groups is 4. The lowest BCUT2D eigenvalue weighted by molar-refractivity contribution is -0.143. The molecular formula is C53H73N7O5. The molecule has 0 spiro atoms. The number of rotatable bonds is 17. The fraction of sp³-hybridized carbons (Fsp3) is 0.472. The lowest BCUT2D eigenvalue weighted by Crippen LogP contribution is -2.51. The van der Waals surface area contributed by atoms with Crippen LogP contribution in [-0.4, -0.2) is 114 Å². The summed E-state index contributed by atoms with van der Waals surface area (Å²) in [5.41, 5.74) is 5.84. The summed E-state index contributed by atoms with van der Waals surface area (Å²) in [6.07, 6.45) is 0.981. The van der Waals surface area contributed by atoms with Crippen molar-refractivity contribution in [3.63, 3.8) is 0 Å². The van der Waals surface area contributed by atoms with Crippen LogP contribution < -0.4 is 16.0 Å². The van der Waals surface area contributed by atoms with Crippen molar-refractivity contribution in [2.24, 2.45) is 0 Å². The number of benzene rings is 4. The molecule has 0 aliphatic carbocycles. The minimum atomic E-state index is -0.685. The zero-order valence-corrected chi connectivity index (χ0v) is 40.1. The van der Waals surface area contributed by atoms with Crippen LogP contribution in [0.4, 0.5) is 4.79 Å². The highest BCUT2D eigenvalue weighted by atomic mass is 16.6. The third kappa shape index (κ3) is 13.5. The first-order valence-corrected chi connectivity index (χ1v) is 23.5. The summed E-state index contributed by atoms with van der Waals surface area (Å²) in [6, 6.07) is 34.9. The van der Waals surface area contributed by atoms with E-state index in [2.05, 4.69) is 87.2 Å². The van der Waals surface area contributed by atoms with E-state index in [1.54, 1.807) is 16.8 Å². The second-order valence-electron chi connectivity index (χ2n) is 18.0. The van der Waals surface area contributed by atoms with Crippen LogP contribution in [0.1, 0.15) is 107 Å². The molecule has 12 heteroatoms. The lowest BCUT2D eigenvalue weighted by Gasteiger charge is -2.38. The van der Waals surface area contributed by atoms with E-state index >= 15 is 0 Å². The predicted octanol–water partition coefficient (Wildman–Crippen LogP) is 7.47. The Morgan fingerprint density at radius 1 is 0.585 bits per heavy atom. The van der Waals surface area contributed by atoms with E-state index in [1.807, 2.05) is 103 Å². The summed E-state index contributed by atoms with van der Waals surface area (Å²) in [4.78, 5) is 61.4. The first-order valence-electron chi connectivity index (χ1n) is 23.5. The number of nitrogens with zero attached hydrogens (tertiary/aromatic N) is 4. The Kier molecular flexibility index (Phi) is 19.1. The standard InChI is InChI=1S/C27H38N4O2.C26H35N3O3/c1-19(2)30(20(3)4)18-16-29-26(32)25-23-14-10-9-11-21(23)15-17-31(25)27(33)24(28-5)22-12-7-6-8-13-22;1-19(2)28(20(3)4)17-15-27-25(30)24-23-13-9-8-12-22(23)14-16-29(24)26(31)32-18-21-10-6-5-7-11-21/h6-14,19-20,24-25,28H,15-18H2,1-5H3,(H,29,32);5-13,19-20,24H,14-18H2,1-4H3,(H,27,30). The first-order chi connectivity index (χ1) is 31.2. The molecule has 0 bridgehead atoms. The summed E-state index contributed by atoms with van der Waals surface area (Å²) in [5, 5.41) is 9.33. The summed E-state index contributed by atoms with van der Waals surface area (Å²) < 4.78 is 5.57. The van der Waals surface area contributed by atoms with E-state index in [4.69, 9.17) is 4.74 Å². The van der Waals surface area contributed by atoms with Crippen LogP contribution in [0.5, 0.6) is 0 Å². The minimum absolute atomic E-state index is 0.0793. The summed E-state index contributed by atoms with van der Waals surface area (Å²) >= 11 is 0. The number of fused-ring (bicyclic) bond motifs is 2. The third-order valence-electron chi connectivity index (χ3n) is 12.4. The van der Waals surface area contributed by atoms with Gasteiger partial charge in [-0.3, -0.25) is 29.1 Å². The van der Waals surface area contributed by atoms with Crippen LogP contribution in [0.2, 0.25) is 0 Å². The molecule has 3 N–H and O–H groups in total. The van der Waals surface area contributed by atoms with Crippen molar-refractivity contribution < 1.29 is 23.9 Å². The van der Waals surface area contributed by atoms with Gasteiger partial charge in [0.05, 0.1) is 0 Å². The maximum Gasteiger partial charge on any atom is 0.411 e. The highest BCUT2D eigenvalue weighted by Gasteiger charge is 2.39. The van der Waals surface area contributed by atoms with Crippen molar-refractivity contribution in [3.05, 3.63) is 143 Å². The van der Waals surface area contributed by atoms with Crippen molar-refractivity contribution in [1.29, 1.82) is 0 Å². The molecule has 4 aromatic carbocycles. The highest BCUT2D eigenvalue weighted by Crippen LogP contribution is 2.33. The largest absolute Gasteiger partial charge is 0.445 e. The molecule has 0 saturated heterocycles. The monoisotopic (exact) mass is 888 g/mol. The van der Waals surface area contributed by atoms with Gasteiger partial charge >= 0.3 is 6.09 Å². The Bertz CT molecular complexity index is 2110. The second kappa shape index (κ2) is 24.7. The molecule has 0 saturated carbocycles. The molecule has 6 rings (SSSR count). The maximum absolute atomic E-state index is 13.7. The van der Waals surface area contributed by atoms with Gasteiger partial charge in [0, 0.05) is 63.4 Å². The minimum Gasteiger partial charge on any atom is -0.445 e. The Labute approximate surface area is 388 Å². The molecule has 4 aromatic rings. The molecular weight excluding hydrogens is 815 g/mol. The van der Waals surface area contributed by atoms with Crippen LogP contribution in [0.25, 0.3) is 0 Å². The van der Waals surface area contributed by atoms with Crippen molar-refractivity contribution >= 4 is 23.8 Å². The number of carbonyl (C=O) groups excluding carboxylic acids is 4. The molecule has 65 heavy (non-hydrogen) atoms. The molecule has 0 fully saturated rings. The molecule has 2 heterocycles. The molecule has 0 radical (unpaired) electrons. The van der Waals surface area contributed by atoms with Gasteiger partial charge in [-0.1, -0.05) is 109 Å². The topological polar surface area (TPSA) is 127 Å². The van der Waals surface area contributed by atoms with E-state index in [9.17, 15) is 19.2 Å². The van der Waals surface area contributed by atoms with Crippen LogP contribution in [-0.2, 0) is 38.6 Å². The lowest BCUT2D eigenvalue weighted by atomic mass is 9.91. The van der Waals surface area contributed by atoms with E-state index < -0.39 is 24.2 Å². The predicted molar refractivity (Wildman–Crippen MR) is 259 cm³/mol. The average Bonchev–Trinajstić information content (AvgIpc) is 3.30. The van der Waals surface area contributed by atoms with Gasteiger partial charge in [-0.25, -0.2) is 4.79 Å². The number of hydrogen-bond donors (Lipinski definition) is 3. The van der Waals surface area contributed by atoms with Gasteiger partial charge in [-0.05, 0) is 109 Å².